The van der Waals surface area contributed by atoms with Gasteiger partial charge in [0.25, 0.3) is 0 Å². The number of nitrogens with zero attached hydrogens (tertiary/aromatic N) is 1. The zero-order valence-corrected chi connectivity index (χ0v) is 9.21. The van der Waals surface area contributed by atoms with Gasteiger partial charge in [0.1, 0.15) is 5.69 Å². The fourth-order valence-electron chi connectivity index (χ4n) is 1.46. The topological polar surface area (TPSA) is 52.0 Å². The van der Waals surface area contributed by atoms with Crippen molar-refractivity contribution < 1.29 is 26.5 Å². The van der Waals surface area contributed by atoms with Crippen LogP contribution in [0.2, 0.25) is 0 Å². The van der Waals surface area contributed by atoms with Crippen LogP contribution in [0.5, 0.6) is 0 Å². The maximum atomic E-state index is 13.0. The van der Waals surface area contributed by atoms with Crippen LogP contribution in [-0.2, 0) is 5.92 Å². The zero-order chi connectivity index (χ0) is 14.3. The molecule has 0 amide bonds. The third-order valence-corrected chi connectivity index (χ3v) is 2.46. The minimum absolute atomic E-state index is 0.113. The second kappa shape index (κ2) is 4.22. The van der Waals surface area contributed by atoms with Crippen LogP contribution >= 0.6 is 0 Å². The number of benzene rings is 1. The number of hydrogen-bond acceptors (Lipinski definition) is 3. The SMILES string of the molecule is Nc1cnoc1-c1ccc(C(F)(F)C(F)(F)F)cc1. The number of alkyl halides is 5. The molecule has 0 aliphatic rings. The number of nitrogens with two attached hydrogens (primary N) is 1. The monoisotopic (exact) mass is 278 g/mol. The molecule has 102 valence electrons. The van der Waals surface area contributed by atoms with Gasteiger partial charge in [-0.3, -0.25) is 0 Å². The maximum Gasteiger partial charge on any atom is 0.458 e. The summed E-state index contributed by atoms with van der Waals surface area (Å²) in [5.74, 6) is -4.79. The Kier molecular flexibility index (Phi) is 2.95. The average molecular weight is 278 g/mol. The molecular formula is C11H7F5N2O. The van der Waals surface area contributed by atoms with E-state index >= 15 is 0 Å². The molecule has 0 saturated carbocycles. The van der Waals surface area contributed by atoms with Crippen molar-refractivity contribution in [2.45, 2.75) is 12.1 Å². The Morgan fingerprint density at radius 1 is 1.00 bits per heavy atom. The largest absolute Gasteiger partial charge is 0.458 e. The van der Waals surface area contributed by atoms with Crippen LogP contribution in [0.3, 0.4) is 0 Å². The van der Waals surface area contributed by atoms with Gasteiger partial charge in [-0.2, -0.15) is 22.0 Å². The van der Waals surface area contributed by atoms with Crippen molar-refractivity contribution in [1.82, 2.24) is 5.16 Å². The molecule has 0 atom stereocenters. The van der Waals surface area contributed by atoms with E-state index in [1.54, 1.807) is 0 Å². The van der Waals surface area contributed by atoms with E-state index in [-0.39, 0.29) is 17.0 Å². The van der Waals surface area contributed by atoms with Crippen molar-refractivity contribution in [3.05, 3.63) is 36.0 Å². The van der Waals surface area contributed by atoms with Crippen molar-refractivity contribution >= 4 is 5.69 Å². The standard InChI is InChI=1S/C11H7F5N2O/c12-10(13,11(14,15)16)7-3-1-6(2-4-7)9-8(17)5-18-19-9/h1-5H,17H2. The molecular weight excluding hydrogens is 271 g/mol. The second-order valence-corrected chi connectivity index (χ2v) is 3.76. The van der Waals surface area contributed by atoms with E-state index in [9.17, 15) is 22.0 Å². The average Bonchev–Trinajstić information content (AvgIpc) is 2.74. The minimum Gasteiger partial charge on any atom is -0.394 e. The summed E-state index contributed by atoms with van der Waals surface area (Å²) in [4.78, 5) is 0. The van der Waals surface area contributed by atoms with Gasteiger partial charge in [0, 0.05) is 11.1 Å². The van der Waals surface area contributed by atoms with E-state index in [2.05, 4.69) is 5.16 Å². The second-order valence-electron chi connectivity index (χ2n) is 3.76. The van der Waals surface area contributed by atoms with Gasteiger partial charge >= 0.3 is 12.1 Å². The molecule has 1 aromatic carbocycles. The molecule has 0 spiro atoms. The molecule has 0 saturated heterocycles. The quantitative estimate of drug-likeness (QED) is 0.854. The summed E-state index contributed by atoms with van der Waals surface area (Å²) in [5, 5.41) is 3.38. The lowest BCUT2D eigenvalue weighted by Crippen LogP contribution is -2.33. The molecule has 1 heterocycles. The van der Waals surface area contributed by atoms with Gasteiger partial charge in [-0.05, 0) is 0 Å². The van der Waals surface area contributed by atoms with Crippen LogP contribution in [0.4, 0.5) is 27.6 Å². The minimum atomic E-state index is -5.64. The summed E-state index contributed by atoms with van der Waals surface area (Å²) in [5.41, 5.74) is 4.75. The fraction of sp³-hybridized carbons (Fsp3) is 0.182. The Labute approximate surface area is 103 Å². The van der Waals surface area contributed by atoms with Gasteiger partial charge in [0.05, 0.1) is 6.20 Å². The first-order valence-electron chi connectivity index (χ1n) is 4.99. The van der Waals surface area contributed by atoms with Crippen molar-refractivity contribution in [1.29, 1.82) is 0 Å². The highest BCUT2D eigenvalue weighted by Crippen LogP contribution is 2.44. The summed E-state index contributed by atoms with van der Waals surface area (Å²) < 4.78 is 67.3. The number of rotatable bonds is 2. The summed E-state index contributed by atoms with van der Waals surface area (Å²) in [6.07, 6.45) is -4.44. The smallest absolute Gasteiger partial charge is 0.394 e. The summed E-state index contributed by atoms with van der Waals surface area (Å²) in [6.45, 7) is 0. The molecule has 19 heavy (non-hydrogen) atoms. The van der Waals surface area contributed by atoms with Crippen LogP contribution in [-0.4, -0.2) is 11.3 Å². The zero-order valence-electron chi connectivity index (χ0n) is 9.21. The summed E-state index contributed by atoms with van der Waals surface area (Å²) >= 11 is 0. The van der Waals surface area contributed by atoms with Crippen molar-refractivity contribution in [2.24, 2.45) is 0 Å². The molecule has 2 aromatic rings. The Hall–Kier alpha value is -2.12. The molecule has 3 nitrogen and oxygen atoms in total. The van der Waals surface area contributed by atoms with Crippen molar-refractivity contribution in [3.8, 4) is 11.3 Å². The number of halogens is 5. The first-order chi connectivity index (χ1) is 8.73. The lowest BCUT2D eigenvalue weighted by atomic mass is 10.0. The molecule has 0 fully saturated rings. The van der Waals surface area contributed by atoms with Crippen LogP contribution in [0.25, 0.3) is 11.3 Å². The molecule has 0 unspecified atom stereocenters. The highest BCUT2D eigenvalue weighted by atomic mass is 19.4. The van der Waals surface area contributed by atoms with Crippen LogP contribution in [0, 0.1) is 0 Å². The Balaban J connectivity index is 2.37. The van der Waals surface area contributed by atoms with Crippen molar-refractivity contribution in [2.75, 3.05) is 5.73 Å². The van der Waals surface area contributed by atoms with E-state index in [1.807, 2.05) is 0 Å². The van der Waals surface area contributed by atoms with Gasteiger partial charge < -0.3 is 10.3 Å². The number of hydrogen-bond donors (Lipinski definition) is 1. The van der Waals surface area contributed by atoms with Crippen LogP contribution in [0.1, 0.15) is 5.56 Å². The van der Waals surface area contributed by atoms with Gasteiger partial charge in [-0.15, -0.1) is 0 Å². The summed E-state index contributed by atoms with van der Waals surface area (Å²) in [7, 11) is 0. The van der Waals surface area contributed by atoms with Gasteiger partial charge in [0.15, 0.2) is 5.76 Å². The summed E-state index contributed by atoms with van der Waals surface area (Å²) in [6, 6.07) is 3.47. The molecule has 1 aromatic heterocycles. The van der Waals surface area contributed by atoms with E-state index in [4.69, 9.17) is 10.3 Å². The molecule has 2 N–H and O–H groups in total. The number of aromatic nitrogens is 1. The molecule has 0 aliphatic heterocycles. The van der Waals surface area contributed by atoms with Crippen molar-refractivity contribution in [3.63, 3.8) is 0 Å². The lowest BCUT2D eigenvalue weighted by molar-refractivity contribution is -0.289. The lowest BCUT2D eigenvalue weighted by Gasteiger charge is -2.19. The number of anilines is 1. The van der Waals surface area contributed by atoms with Crippen LogP contribution < -0.4 is 5.73 Å². The Bertz CT molecular complexity index is 574. The van der Waals surface area contributed by atoms with E-state index in [0.29, 0.717) is 12.1 Å². The first kappa shape index (κ1) is 13.3. The predicted molar refractivity (Wildman–Crippen MR) is 56.3 cm³/mol. The van der Waals surface area contributed by atoms with Gasteiger partial charge in [-0.25, -0.2) is 0 Å². The molecule has 0 aliphatic carbocycles. The normalized spacial score (nSPS) is 12.7. The first-order valence-corrected chi connectivity index (χ1v) is 4.99. The van der Waals surface area contributed by atoms with E-state index in [0.717, 1.165) is 12.1 Å². The predicted octanol–water partition coefficient (Wildman–Crippen LogP) is 3.58. The molecule has 0 radical (unpaired) electrons. The molecule has 2 rings (SSSR count). The Morgan fingerprint density at radius 2 is 1.58 bits per heavy atom. The highest BCUT2D eigenvalue weighted by molar-refractivity contribution is 5.70. The maximum absolute atomic E-state index is 13.0. The number of nitrogen functional groups attached to an aromatic ring is 1. The van der Waals surface area contributed by atoms with E-state index < -0.39 is 17.7 Å². The highest BCUT2D eigenvalue weighted by Gasteiger charge is 2.58. The van der Waals surface area contributed by atoms with Crippen LogP contribution in [0.15, 0.2) is 35.0 Å². The Morgan fingerprint density at radius 3 is 2.00 bits per heavy atom. The fourth-order valence-corrected chi connectivity index (χ4v) is 1.46. The molecule has 0 bridgehead atoms. The van der Waals surface area contributed by atoms with Gasteiger partial charge in [0.2, 0.25) is 0 Å². The van der Waals surface area contributed by atoms with E-state index in [1.165, 1.54) is 6.20 Å². The van der Waals surface area contributed by atoms with Gasteiger partial charge in [-0.1, -0.05) is 29.4 Å². The third kappa shape index (κ3) is 2.25. The molecule has 8 heteroatoms. The third-order valence-electron chi connectivity index (χ3n) is 2.46.